The van der Waals surface area contributed by atoms with Crippen LogP contribution in [0.2, 0.25) is 12.6 Å². The highest BCUT2D eigenvalue weighted by Gasteiger charge is 2.50. The predicted octanol–water partition coefficient (Wildman–Crippen LogP) is 1.84. The van der Waals surface area contributed by atoms with Crippen LogP contribution in [0.1, 0.15) is 12.8 Å². The lowest BCUT2D eigenvalue weighted by Gasteiger charge is -2.30. The van der Waals surface area contributed by atoms with Gasteiger partial charge in [-0.15, -0.1) is 0 Å². The van der Waals surface area contributed by atoms with E-state index in [0.717, 1.165) is 0 Å². The van der Waals surface area contributed by atoms with Gasteiger partial charge < -0.3 is 4.65 Å². The summed E-state index contributed by atoms with van der Waals surface area (Å²) >= 11 is 0. The Balaban J connectivity index is 2.64. The van der Waals surface area contributed by atoms with Crippen molar-refractivity contribution in [3.8, 4) is 6.26 Å². The van der Waals surface area contributed by atoms with E-state index < -0.39 is 34.8 Å². The van der Waals surface area contributed by atoms with Gasteiger partial charge in [0.15, 0.2) is 0 Å². The molecule has 108 valence electrons. The molecule has 1 atom stereocenters. The summed E-state index contributed by atoms with van der Waals surface area (Å²) in [5, 5.41) is 8.28. The Hall–Kier alpha value is -1.02. The zero-order chi connectivity index (χ0) is 14.7. The van der Waals surface area contributed by atoms with Gasteiger partial charge in [0, 0.05) is 6.32 Å². The van der Waals surface area contributed by atoms with Crippen LogP contribution < -0.4 is 0 Å². The number of hydrogen-bond donors (Lipinski definition) is 0. The monoisotopic (exact) mass is 303 g/mol. The lowest BCUT2D eigenvalue weighted by atomic mass is 9.52. The zero-order valence-electron chi connectivity index (χ0n) is 9.61. The number of nitrogens with zero attached hydrogens (tertiary/aromatic N) is 1. The van der Waals surface area contributed by atoms with E-state index >= 15 is 0 Å². The van der Waals surface area contributed by atoms with Gasteiger partial charge in [-0.3, -0.25) is 4.18 Å². The van der Waals surface area contributed by atoms with Gasteiger partial charge in [-0.1, -0.05) is 6.42 Å². The Kier molecular flexibility index (Phi) is 4.68. The second kappa shape index (κ2) is 5.54. The molecule has 1 aliphatic heterocycles. The first-order chi connectivity index (χ1) is 8.60. The van der Waals surface area contributed by atoms with E-state index in [9.17, 15) is 26.0 Å². The minimum absolute atomic E-state index is 0.147. The van der Waals surface area contributed by atoms with Crippen molar-refractivity contribution >= 4 is 17.0 Å². The lowest BCUT2D eigenvalue weighted by molar-refractivity contribution is -0.0575. The molecule has 0 aromatic rings. The average molecular weight is 303 g/mol. The highest BCUT2D eigenvalue weighted by Crippen LogP contribution is 2.35. The fourth-order valence-corrected chi connectivity index (χ4v) is 2.31. The largest absolute Gasteiger partial charge is 0.523 e. The smallest absolute Gasteiger partial charge is 0.498 e. The summed E-state index contributed by atoms with van der Waals surface area (Å²) in [5.41, 5.74) is -7.83. The summed E-state index contributed by atoms with van der Waals surface area (Å²) in [7, 11) is -5.81. The second-order valence-electron chi connectivity index (χ2n) is 4.24. The molecular formula is C8H10BF4NO4S. The van der Waals surface area contributed by atoms with Crippen LogP contribution >= 0.6 is 0 Å². The summed E-state index contributed by atoms with van der Waals surface area (Å²) in [6.07, 6.45) is 1.48. The molecule has 19 heavy (non-hydrogen) atoms. The third-order valence-electron chi connectivity index (χ3n) is 2.72. The second-order valence-corrected chi connectivity index (χ2v) is 5.85. The topological polar surface area (TPSA) is 76.4 Å². The van der Waals surface area contributed by atoms with Gasteiger partial charge in [0.1, 0.15) is 12.3 Å². The Morgan fingerprint density at radius 2 is 2.05 bits per heavy atom. The molecule has 0 N–H and O–H groups in total. The normalized spacial score (nSPS) is 24.9. The van der Waals surface area contributed by atoms with Crippen molar-refractivity contribution in [1.82, 2.24) is 0 Å². The molecular weight excluding hydrogens is 293 g/mol. The number of rotatable bonds is 4. The van der Waals surface area contributed by atoms with Gasteiger partial charge >= 0.3 is 22.5 Å². The molecule has 0 aromatic heterocycles. The fraction of sp³-hybridized carbons (Fsp3) is 0.875. The number of alkyl halides is 4. The molecule has 0 bridgehead atoms. The van der Waals surface area contributed by atoms with E-state index in [2.05, 4.69) is 8.84 Å². The summed E-state index contributed by atoms with van der Waals surface area (Å²) < 4.78 is 79.6. The SMILES string of the molecule is N#COB1CCC[C@@](F)(COS(=O)(=O)C(F)(F)F)C1. The van der Waals surface area contributed by atoms with Crippen LogP contribution in [0.15, 0.2) is 0 Å². The molecule has 0 aromatic carbocycles. The molecule has 0 spiro atoms. The van der Waals surface area contributed by atoms with Crippen LogP contribution in [0.4, 0.5) is 17.6 Å². The van der Waals surface area contributed by atoms with E-state index in [1.54, 1.807) is 0 Å². The summed E-state index contributed by atoms with van der Waals surface area (Å²) in [6.45, 7) is -2.01. The van der Waals surface area contributed by atoms with Crippen molar-refractivity contribution in [1.29, 1.82) is 5.26 Å². The van der Waals surface area contributed by atoms with Crippen molar-refractivity contribution in [3.05, 3.63) is 0 Å². The van der Waals surface area contributed by atoms with E-state index in [0.29, 0.717) is 6.32 Å². The van der Waals surface area contributed by atoms with Crippen molar-refractivity contribution in [3.63, 3.8) is 0 Å². The maximum Gasteiger partial charge on any atom is 0.523 e. The van der Waals surface area contributed by atoms with Gasteiger partial charge in [-0.25, -0.2) is 4.39 Å². The van der Waals surface area contributed by atoms with Crippen LogP contribution in [0, 0.1) is 11.5 Å². The van der Waals surface area contributed by atoms with Crippen LogP contribution in [0.25, 0.3) is 0 Å². The zero-order valence-corrected chi connectivity index (χ0v) is 10.4. The first-order valence-corrected chi connectivity index (χ1v) is 6.70. The van der Waals surface area contributed by atoms with Gasteiger partial charge in [0.2, 0.25) is 0 Å². The molecule has 1 heterocycles. The summed E-state index contributed by atoms with van der Waals surface area (Å²) in [5.74, 6) is 0. The molecule has 11 heteroatoms. The van der Waals surface area contributed by atoms with Crippen LogP contribution in [-0.2, 0) is 19.0 Å². The van der Waals surface area contributed by atoms with Gasteiger partial charge in [-0.2, -0.15) is 26.9 Å². The van der Waals surface area contributed by atoms with E-state index in [-0.39, 0.29) is 19.2 Å². The van der Waals surface area contributed by atoms with Crippen molar-refractivity contribution < 1.29 is 34.8 Å². The number of hydrogen-bond acceptors (Lipinski definition) is 5. The Labute approximate surface area is 107 Å². The lowest BCUT2D eigenvalue weighted by Crippen LogP contribution is -2.41. The van der Waals surface area contributed by atoms with Crippen LogP contribution in [0.5, 0.6) is 0 Å². The Morgan fingerprint density at radius 1 is 1.42 bits per heavy atom. The molecule has 0 radical (unpaired) electrons. The molecule has 1 fully saturated rings. The van der Waals surface area contributed by atoms with Gasteiger partial charge in [0.25, 0.3) is 6.26 Å². The molecule has 0 unspecified atom stereocenters. The Morgan fingerprint density at radius 3 is 2.58 bits per heavy atom. The number of nitriles is 1. The molecule has 1 aliphatic rings. The third kappa shape index (κ3) is 4.24. The molecule has 0 aliphatic carbocycles. The molecule has 1 rings (SSSR count). The van der Waals surface area contributed by atoms with Crippen LogP contribution in [0.3, 0.4) is 0 Å². The molecule has 1 saturated heterocycles. The van der Waals surface area contributed by atoms with Crippen LogP contribution in [-0.4, -0.2) is 33.1 Å². The van der Waals surface area contributed by atoms with E-state index in [1.807, 2.05) is 0 Å². The molecule has 0 saturated carbocycles. The predicted molar refractivity (Wildman–Crippen MR) is 56.1 cm³/mol. The first-order valence-electron chi connectivity index (χ1n) is 5.29. The quantitative estimate of drug-likeness (QED) is 0.260. The first kappa shape index (κ1) is 16.0. The van der Waals surface area contributed by atoms with Gasteiger partial charge in [-0.05, 0) is 12.7 Å². The van der Waals surface area contributed by atoms with Gasteiger partial charge in [0.05, 0.1) is 0 Å². The van der Waals surface area contributed by atoms with E-state index in [4.69, 9.17) is 5.26 Å². The maximum absolute atomic E-state index is 14.1. The number of halogens is 4. The molecule has 5 nitrogen and oxygen atoms in total. The summed E-state index contributed by atoms with van der Waals surface area (Å²) in [4.78, 5) is 0. The minimum atomic E-state index is -5.81. The minimum Gasteiger partial charge on any atom is -0.498 e. The Bertz CT molecular complexity index is 462. The summed E-state index contributed by atoms with van der Waals surface area (Å²) in [6, 6.07) is 0. The average Bonchev–Trinajstić information content (AvgIpc) is 2.26. The molecule has 0 amide bonds. The maximum atomic E-state index is 14.1. The van der Waals surface area contributed by atoms with Crippen molar-refractivity contribution in [2.75, 3.05) is 6.61 Å². The van der Waals surface area contributed by atoms with Crippen molar-refractivity contribution in [2.24, 2.45) is 0 Å². The third-order valence-corrected chi connectivity index (χ3v) is 3.72. The fourth-order valence-electron chi connectivity index (χ4n) is 1.81. The highest BCUT2D eigenvalue weighted by atomic mass is 32.2. The highest BCUT2D eigenvalue weighted by molar-refractivity contribution is 7.87. The van der Waals surface area contributed by atoms with E-state index in [1.165, 1.54) is 6.26 Å². The standard InChI is InChI=1S/C8H10BF4NO4S/c10-7(2-1-3-9(4-7)17-6-14)5-18-19(15,16)8(11,12)13/h1-5H2/t7-/m0/s1. The van der Waals surface area contributed by atoms with Crippen molar-refractivity contribution in [2.45, 2.75) is 36.7 Å².